The van der Waals surface area contributed by atoms with Gasteiger partial charge in [0.2, 0.25) is 0 Å². The molecule has 0 bridgehead atoms. The molecule has 2 N–H and O–H groups in total. The summed E-state index contributed by atoms with van der Waals surface area (Å²) in [6.07, 6.45) is 3.01. The molecule has 0 radical (unpaired) electrons. The first kappa shape index (κ1) is 18.0. The van der Waals surface area contributed by atoms with Gasteiger partial charge >= 0.3 is 5.51 Å². The van der Waals surface area contributed by atoms with Crippen molar-refractivity contribution in [3.05, 3.63) is 24.0 Å². The van der Waals surface area contributed by atoms with Crippen molar-refractivity contribution in [3.63, 3.8) is 0 Å². The second-order valence-corrected chi connectivity index (χ2v) is 7.68. The molecule has 0 amide bonds. The molecule has 0 spiro atoms. The molecule has 23 heavy (non-hydrogen) atoms. The third-order valence-electron chi connectivity index (χ3n) is 4.25. The molecule has 1 aromatic carbocycles. The first-order valence-electron chi connectivity index (χ1n) is 7.07. The number of aliphatic hydroxyl groups is 1. The van der Waals surface area contributed by atoms with Gasteiger partial charge in [0.25, 0.3) is 9.84 Å². The van der Waals surface area contributed by atoms with Crippen LogP contribution in [0.2, 0.25) is 0 Å². The van der Waals surface area contributed by atoms with Crippen LogP contribution in [-0.4, -0.2) is 32.2 Å². The van der Waals surface area contributed by atoms with Crippen LogP contribution in [0.1, 0.15) is 25.7 Å². The van der Waals surface area contributed by atoms with E-state index >= 15 is 0 Å². The highest BCUT2D eigenvalue weighted by Gasteiger charge is 2.48. The Labute approximate surface area is 131 Å². The lowest BCUT2D eigenvalue weighted by molar-refractivity contribution is -0.0435. The zero-order valence-electron chi connectivity index (χ0n) is 12.2. The Bertz CT molecular complexity index is 669. The number of nitrogens with one attached hydrogen (secondary N) is 1. The van der Waals surface area contributed by atoms with Crippen LogP contribution < -0.4 is 5.32 Å². The predicted octanol–water partition coefficient (Wildman–Crippen LogP) is 3.08. The molecule has 1 fully saturated rings. The van der Waals surface area contributed by atoms with E-state index < -0.39 is 26.1 Å². The van der Waals surface area contributed by atoms with Crippen molar-refractivity contribution in [1.29, 1.82) is 0 Å². The third-order valence-corrected chi connectivity index (χ3v) is 5.77. The van der Waals surface area contributed by atoms with Crippen molar-refractivity contribution in [2.45, 2.75) is 36.1 Å². The Balaban J connectivity index is 2.30. The quantitative estimate of drug-likeness (QED) is 0.770. The Hall–Kier alpha value is -1.35. The minimum Gasteiger partial charge on any atom is -0.396 e. The molecule has 0 heterocycles. The largest absolute Gasteiger partial charge is 0.501 e. The van der Waals surface area contributed by atoms with Crippen LogP contribution in [0.4, 0.5) is 23.2 Å². The maximum absolute atomic E-state index is 13.2. The lowest BCUT2D eigenvalue weighted by atomic mass is 9.67. The summed E-state index contributed by atoms with van der Waals surface area (Å²) >= 11 is 0. The highest BCUT2D eigenvalue weighted by Crippen LogP contribution is 2.44. The zero-order chi connectivity index (χ0) is 17.3. The maximum atomic E-state index is 13.2. The average Bonchev–Trinajstić information content (AvgIpc) is 2.41. The number of hydrogen-bond acceptors (Lipinski definition) is 4. The molecule has 2 rings (SSSR count). The van der Waals surface area contributed by atoms with Crippen LogP contribution in [0, 0.1) is 11.2 Å². The van der Waals surface area contributed by atoms with E-state index in [0.29, 0.717) is 12.5 Å². The summed E-state index contributed by atoms with van der Waals surface area (Å²) in [5, 5.41) is 11.8. The Morgan fingerprint density at radius 3 is 2.39 bits per heavy atom. The number of halogens is 4. The summed E-state index contributed by atoms with van der Waals surface area (Å²) in [5.74, 6) is -1.06. The topological polar surface area (TPSA) is 66.4 Å². The molecule has 0 saturated heterocycles. The van der Waals surface area contributed by atoms with Crippen molar-refractivity contribution < 1.29 is 31.1 Å². The first-order chi connectivity index (χ1) is 10.6. The van der Waals surface area contributed by atoms with E-state index in [1.54, 1.807) is 0 Å². The summed E-state index contributed by atoms with van der Waals surface area (Å²) in [5.41, 5.74) is -6.05. The van der Waals surface area contributed by atoms with Crippen molar-refractivity contribution in [1.82, 2.24) is 0 Å². The fourth-order valence-electron chi connectivity index (χ4n) is 2.70. The molecule has 130 valence electrons. The lowest BCUT2D eigenvalue weighted by Gasteiger charge is -2.42. The van der Waals surface area contributed by atoms with Crippen molar-refractivity contribution in [2.75, 3.05) is 18.5 Å². The van der Waals surface area contributed by atoms with Gasteiger partial charge in [-0.2, -0.15) is 13.2 Å². The number of rotatable bonds is 6. The molecule has 4 nitrogen and oxygen atoms in total. The minimum absolute atomic E-state index is 0.0567. The molecular weight excluding hydrogens is 338 g/mol. The molecule has 1 aliphatic carbocycles. The van der Waals surface area contributed by atoms with Gasteiger partial charge in [0.05, 0.1) is 5.69 Å². The first-order valence-corrected chi connectivity index (χ1v) is 8.55. The lowest BCUT2D eigenvalue weighted by Crippen LogP contribution is -2.37. The number of benzene rings is 1. The second-order valence-electron chi connectivity index (χ2n) is 5.77. The third kappa shape index (κ3) is 3.60. The highest BCUT2D eigenvalue weighted by molar-refractivity contribution is 7.92. The summed E-state index contributed by atoms with van der Waals surface area (Å²) < 4.78 is 74.6. The van der Waals surface area contributed by atoms with E-state index in [2.05, 4.69) is 5.32 Å². The van der Waals surface area contributed by atoms with E-state index in [0.717, 1.165) is 31.4 Å². The maximum Gasteiger partial charge on any atom is 0.501 e. The summed E-state index contributed by atoms with van der Waals surface area (Å²) in [4.78, 5) is -1.12. The summed E-state index contributed by atoms with van der Waals surface area (Å²) in [7, 11) is -5.65. The molecule has 0 unspecified atom stereocenters. The van der Waals surface area contributed by atoms with Gasteiger partial charge in [-0.05, 0) is 42.9 Å². The Morgan fingerprint density at radius 2 is 1.91 bits per heavy atom. The monoisotopic (exact) mass is 355 g/mol. The highest BCUT2D eigenvalue weighted by atomic mass is 32.2. The van der Waals surface area contributed by atoms with Crippen molar-refractivity contribution in [3.8, 4) is 0 Å². The van der Waals surface area contributed by atoms with Gasteiger partial charge in [-0.1, -0.05) is 6.42 Å². The predicted molar refractivity (Wildman–Crippen MR) is 76.1 cm³/mol. The molecule has 9 heteroatoms. The number of aliphatic hydroxyl groups excluding tert-OH is 1. The standard InChI is InChI=1S/C14H17F4NO3S/c15-10-2-3-11(12(8-10)23(21,22)14(16,17)18)19-9-13(6-7-20)4-1-5-13/h2-3,8,19-20H,1,4-7,9H2. The molecule has 1 saturated carbocycles. The number of hydrogen-bond donors (Lipinski definition) is 2. The number of anilines is 1. The van der Waals surface area contributed by atoms with E-state index in [4.69, 9.17) is 5.11 Å². The van der Waals surface area contributed by atoms with Crippen LogP contribution >= 0.6 is 0 Å². The Morgan fingerprint density at radius 1 is 1.26 bits per heavy atom. The molecule has 1 aliphatic rings. The second kappa shape index (κ2) is 6.27. The van der Waals surface area contributed by atoms with Gasteiger partial charge in [0.1, 0.15) is 10.7 Å². The van der Waals surface area contributed by atoms with E-state index in [1.165, 1.54) is 0 Å². The van der Waals surface area contributed by atoms with Crippen molar-refractivity contribution >= 4 is 15.5 Å². The molecule has 0 aliphatic heterocycles. The summed E-state index contributed by atoms with van der Waals surface area (Å²) in [6, 6.07) is 2.25. The van der Waals surface area contributed by atoms with E-state index in [9.17, 15) is 26.0 Å². The van der Waals surface area contributed by atoms with Gasteiger partial charge < -0.3 is 10.4 Å². The van der Waals surface area contributed by atoms with Crippen LogP contribution in [0.15, 0.2) is 23.1 Å². The fraction of sp³-hybridized carbons (Fsp3) is 0.571. The SMILES string of the molecule is O=S(=O)(c1cc(F)ccc1NCC1(CCO)CCC1)C(F)(F)F. The zero-order valence-corrected chi connectivity index (χ0v) is 13.0. The van der Waals surface area contributed by atoms with Crippen LogP contribution in [0.5, 0.6) is 0 Å². The molecule has 1 aromatic rings. The molecule has 0 atom stereocenters. The van der Waals surface area contributed by atoms with Gasteiger partial charge in [0, 0.05) is 13.2 Å². The van der Waals surface area contributed by atoms with E-state index in [1.807, 2.05) is 0 Å². The Kier molecular flexibility index (Phi) is 4.91. The van der Waals surface area contributed by atoms with Crippen LogP contribution in [0.3, 0.4) is 0 Å². The van der Waals surface area contributed by atoms with Gasteiger partial charge in [-0.15, -0.1) is 0 Å². The smallest absolute Gasteiger partial charge is 0.396 e. The van der Waals surface area contributed by atoms with Gasteiger partial charge in [-0.3, -0.25) is 0 Å². The fourth-order valence-corrected chi connectivity index (χ4v) is 3.65. The molecular formula is C14H17F4NO3S. The number of alkyl halides is 3. The van der Waals surface area contributed by atoms with E-state index in [-0.39, 0.29) is 24.3 Å². The minimum atomic E-state index is -5.65. The number of sulfone groups is 1. The molecule has 0 aromatic heterocycles. The van der Waals surface area contributed by atoms with Crippen LogP contribution in [0.25, 0.3) is 0 Å². The normalized spacial score (nSPS) is 17.6. The van der Waals surface area contributed by atoms with Crippen LogP contribution in [-0.2, 0) is 9.84 Å². The average molecular weight is 355 g/mol. The van der Waals surface area contributed by atoms with Gasteiger partial charge in [0.15, 0.2) is 0 Å². The van der Waals surface area contributed by atoms with Gasteiger partial charge in [-0.25, -0.2) is 12.8 Å². The summed E-state index contributed by atoms with van der Waals surface area (Å²) in [6.45, 7) is 0.165. The van der Waals surface area contributed by atoms with Crippen molar-refractivity contribution in [2.24, 2.45) is 5.41 Å².